The van der Waals surface area contributed by atoms with Crippen LogP contribution in [0.5, 0.6) is 0 Å². The third-order valence-electron chi connectivity index (χ3n) is 3.57. The first-order chi connectivity index (χ1) is 8.43. The fourth-order valence-electron chi connectivity index (χ4n) is 2.25. The molecule has 1 aromatic rings. The minimum atomic E-state index is -3.35. The molecule has 0 unspecified atom stereocenters. The van der Waals surface area contributed by atoms with Crippen molar-refractivity contribution in [3.05, 3.63) is 28.7 Å². The van der Waals surface area contributed by atoms with Gasteiger partial charge in [-0.15, -0.1) is 0 Å². The third-order valence-corrected chi connectivity index (χ3v) is 6.24. The zero-order valence-electron chi connectivity index (χ0n) is 9.71. The summed E-state index contributed by atoms with van der Waals surface area (Å²) in [4.78, 5) is 0.292. The summed E-state index contributed by atoms with van der Waals surface area (Å²) in [5, 5.41) is 17.8. The van der Waals surface area contributed by atoms with Gasteiger partial charge in [-0.1, -0.05) is 15.9 Å². The number of aliphatic hydroxyl groups excluding tert-OH is 2. The highest BCUT2D eigenvalue weighted by Crippen LogP contribution is 2.45. The summed E-state index contributed by atoms with van der Waals surface area (Å²) in [6.07, 6.45) is 0.636. The Morgan fingerprint density at radius 2 is 1.67 bits per heavy atom. The van der Waals surface area contributed by atoms with E-state index in [9.17, 15) is 8.42 Å². The molecule has 0 spiro atoms. The molecule has 1 aliphatic carbocycles. The molecule has 1 fully saturated rings. The van der Waals surface area contributed by atoms with Crippen LogP contribution in [0.15, 0.2) is 33.6 Å². The van der Waals surface area contributed by atoms with Crippen LogP contribution >= 0.6 is 15.9 Å². The van der Waals surface area contributed by atoms with E-state index in [-0.39, 0.29) is 13.2 Å². The SMILES string of the molecule is O=S(=O)(c1ccc(Br)cc1)C1CC(CO)(CO)C1. The second-order valence-corrected chi connectivity index (χ2v) is 7.99. The van der Waals surface area contributed by atoms with E-state index in [1.165, 1.54) is 0 Å². The molecule has 100 valence electrons. The van der Waals surface area contributed by atoms with Crippen molar-refractivity contribution in [3.63, 3.8) is 0 Å². The maximum absolute atomic E-state index is 12.3. The lowest BCUT2D eigenvalue weighted by Crippen LogP contribution is -2.49. The smallest absolute Gasteiger partial charge is 0.181 e. The van der Waals surface area contributed by atoms with Crippen LogP contribution in [0.25, 0.3) is 0 Å². The van der Waals surface area contributed by atoms with E-state index in [0.717, 1.165) is 4.47 Å². The lowest BCUT2D eigenvalue weighted by molar-refractivity contribution is -0.00629. The number of hydrogen-bond acceptors (Lipinski definition) is 4. The van der Waals surface area contributed by atoms with Gasteiger partial charge in [0.15, 0.2) is 9.84 Å². The fraction of sp³-hybridized carbons (Fsp3) is 0.500. The monoisotopic (exact) mass is 334 g/mol. The van der Waals surface area contributed by atoms with Crippen molar-refractivity contribution in [2.24, 2.45) is 5.41 Å². The van der Waals surface area contributed by atoms with E-state index in [2.05, 4.69) is 15.9 Å². The highest BCUT2D eigenvalue weighted by Gasteiger charge is 2.49. The van der Waals surface area contributed by atoms with E-state index in [1.54, 1.807) is 24.3 Å². The highest BCUT2D eigenvalue weighted by molar-refractivity contribution is 9.10. The number of aliphatic hydroxyl groups is 2. The molecule has 4 nitrogen and oxygen atoms in total. The molecule has 2 N–H and O–H groups in total. The van der Waals surface area contributed by atoms with Crippen molar-refractivity contribution in [2.45, 2.75) is 23.0 Å². The first-order valence-corrected chi connectivity index (χ1v) is 7.99. The van der Waals surface area contributed by atoms with E-state index in [0.29, 0.717) is 17.7 Å². The van der Waals surface area contributed by atoms with Gasteiger partial charge in [0.05, 0.1) is 23.4 Å². The van der Waals surface area contributed by atoms with Gasteiger partial charge < -0.3 is 10.2 Å². The number of sulfone groups is 1. The molecule has 0 aromatic heterocycles. The standard InChI is InChI=1S/C12H15BrO4S/c13-9-1-3-10(4-2-9)18(16,17)11-5-12(6-11,7-14)8-15/h1-4,11,14-15H,5-8H2. The Kier molecular flexibility index (Phi) is 3.82. The van der Waals surface area contributed by atoms with Crippen molar-refractivity contribution in [1.82, 2.24) is 0 Å². The molecule has 6 heteroatoms. The Labute approximate surface area is 115 Å². The van der Waals surface area contributed by atoms with Gasteiger partial charge in [0.2, 0.25) is 0 Å². The Morgan fingerprint density at radius 1 is 1.17 bits per heavy atom. The minimum absolute atomic E-state index is 0.171. The third kappa shape index (κ3) is 2.34. The van der Waals surface area contributed by atoms with Crippen LogP contribution in [0.3, 0.4) is 0 Å². The van der Waals surface area contributed by atoms with Gasteiger partial charge in [-0.25, -0.2) is 8.42 Å². The summed E-state index contributed by atoms with van der Waals surface area (Å²) < 4.78 is 25.4. The Balaban J connectivity index is 2.17. The lowest BCUT2D eigenvalue weighted by atomic mass is 9.69. The van der Waals surface area contributed by atoms with Gasteiger partial charge in [-0.3, -0.25) is 0 Å². The average molecular weight is 335 g/mol. The maximum Gasteiger partial charge on any atom is 0.181 e. The molecule has 1 aromatic carbocycles. The summed E-state index contributed by atoms with van der Waals surface area (Å²) >= 11 is 3.26. The van der Waals surface area contributed by atoms with Gasteiger partial charge in [-0.2, -0.15) is 0 Å². The minimum Gasteiger partial charge on any atom is -0.396 e. The normalized spacial score (nSPS) is 19.5. The summed E-state index contributed by atoms with van der Waals surface area (Å²) in [5.41, 5.74) is -0.618. The lowest BCUT2D eigenvalue weighted by Gasteiger charge is -2.44. The van der Waals surface area contributed by atoms with Gasteiger partial charge in [0.1, 0.15) is 0 Å². The summed E-state index contributed by atoms with van der Waals surface area (Å²) in [6, 6.07) is 6.52. The van der Waals surface area contributed by atoms with E-state index >= 15 is 0 Å². The molecule has 1 aliphatic rings. The van der Waals surface area contributed by atoms with Crippen LogP contribution in [0.4, 0.5) is 0 Å². The molecule has 0 bridgehead atoms. The summed E-state index contributed by atoms with van der Waals surface area (Å²) in [6.45, 7) is -0.342. The van der Waals surface area contributed by atoms with Crippen molar-refractivity contribution in [1.29, 1.82) is 0 Å². The number of hydrogen-bond donors (Lipinski definition) is 2. The topological polar surface area (TPSA) is 74.6 Å². The molecule has 0 aliphatic heterocycles. The fourth-order valence-corrected chi connectivity index (χ4v) is 4.56. The second-order valence-electron chi connectivity index (χ2n) is 4.85. The molecule has 2 rings (SSSR count). The van der Waals surface area contributed by atoms with Crippen LogP contribution in [0.1, 0.15) is 12.8 Å². The van der Waals surface area contributed by atoms with Gasteiger partial charge >= 0.3 is 0 Å². The number of benzene rings is 1. The van der Waals surface area contributed by atoms with Gasteiger partial charge in [-0.05, 0) is 37.1 Å². The number of rotatable bonds is 4. The predicted molar refractivity (Wildman–Crippen MR) is 71.0 cm³/mol. The van der Waals surface area contributed by atoms with Crippen LogP contribution in [0, 0.1) is 5.41 Å². The Bertz CT molecular complexity index is 512. The van der Waals surface area contributed by atoms with Crippen LogP contribution in [0.2, 0.25) is 0 Å². The van der Waals surface area contributed by atoms with Crippen LogP contribution < -0.4 is 0 Å². The molecular formula is C12H15BrO4S. The summed E-state index contributed by atoms with van der Waals surface area (Å²) in [7, 11) is -3.35. The highest BCUT2D eigenvalue weighted by atomic mass is 79.9. The molecule has 0 atom stereocenters. The second kappa shape index (κ2) is 4.92. The quantitative estimate of drug-likeness (QED) is 0.871. The van der Waals surface area contributed by atoms with Gasteiger partial charge in [0, 0.05) is 9.89 Å². The van der Waals surface area contributed by atoms with Crippen molar-refractivity contribution in [2.75, 3.05) is 13.2 Å². The largest absolute Gasteiger partial charge is 0.396 e. The molecule has 18 heavy (non-hydrogen) atoms. The van der Waals surface area contributed by atoms with Crippen LogP contribution in [-0.2, 0) is 9.84 Å². The maximum atomic E-state index is 12.3. The molecule has 0 heterocycles. The average Bonchev–Trinajstić information content (AvgIpc) is 2.29. The first kappa shape index (κ1) is 14.0. The van der Waals surface area contributed by atoms with Gasteiger partial charge in [0.25, 0.3) is 0 Å². The molecular weight excluding hydrogens is 320 g/mol. The first-order valence-electron chi connectivity index (χ1n) is 5.65. The Hall–Kier alpha value is -0.430. The molecule has 0 radical (unpaired) electrons. The van der Waals surface area contributed by atoms with E-state index < -0.39 is 20.5 Å². The predicted octanol–water partition coefficient (Wildman–Crippen LogP) is 1.36. The van der Waals surface area contributed by atoms with Crippen molar-refractivity contribution >= 4 is 25.8 Å². The van der Waals surface area contributed by atoms with Crippen LogP contribution in [-0.4, -0.2) is 37.1 Å². The van der Waals surface area contributed by atoms with E-state index in [1.807, 2.05) is 0 Å². The molecule has 0 amide bonds. The Morgan fingerprint density at radius 3 is 2.11 bits per heavy atom. The zero-order valence-corrected chi connectivity index (χ0v) is 12.1. The van der Waals surface area contributed by atoms with Crippen molar-refractivity contribution < 1.29 is 18.6 Å². The van der Waals surface area contributed by atoms with Crippen molar-refractivity contribution in [3.8, 4) is 0 Å². The van der Waals surface area contributed by atoms with E-state index in [4.69, 9.17) is 10.2 Å². The molecule has 0 saturated heterocycles. The summed E-state index contributed by atoms with van der Waals surface area (Å²) in [5.74, 6) is 0. The zero-order chi connectivity index (χ0) is 13.4. The molecule has 1 saturated carbocycles. The number of halogens is 1.